The predicted molar refractivity (Wildman–Crippen MR) is 107 cm³/mol. The minimum atomic E-state index is -0.548. The van der Waals surface area contributed by atoms with E-state index < -0.39 is 6.10 Å². The van der Waals surface area contributed by atoms with Gasteiger partial charge in [0.25, 0.3) is 5.91 Å². The molecule has 0 spiro atoms. The molecule has 2 rings (SSSR count). The van der Waals surface area contributed by atoms with Gasteiger partial charge >= 0.3 is 0 Å². The average molecular weight is 354 g/mol. The van der Waals surface area contributed by atoms with Gasteiger partial charge in [-0.15, -0.1) is 0 Å². The van der Waals surface area contributed by atoms with Crippen LogP contribution in [0.2, 0.25) is 0 Å². The summed E-state index contributed by atoms with van der Waals surface area (Å²) < 4.78 is 6.00. The molecule has 3 heteroatoms. The summed E-state index contributed by atoms with van der Waals surface area (Å²) in [4.78, 5) is 12.8. The fourth-order valence-electron chi connectivity index (χ4n) is 3.03. The SMILES string of the molecule is CC(C)C[C@@H](NC(=O)[C@H](C)Oc1ccccc1C(C)C)c1ccccc1. The Balaban J connectivity index is 2.09. The number of nitrogens with one attached hydrogen (secondary N) is 1. The van der Waals surface area contributed by atoms with Gasteiger partial charge in [0.1, 0.15) is 5.75 Å². The molecule has 1 N–H and O–H groups in total. The molecule has 26 heavy (non-hydrogen) atoms. The maximum atomic E-state index is 12.8. The van der Waals surface area contributed by atoms with Gasteiger partial charge in [-0.3, -0.25) is 4.79 Å². The second-order valence-electron chi connectivity index (χ2n) is 7.55. The predicted octanol–water partition coefficient (Wildman–Crippen LogP) is 5.48. The minimum Gasteiger partial charge on any atom is -0.481 e. The van der Waals surface area contributed by atoms with Gasteiger partial charge in [0.15, 0.2) is 6.10 Å². The van der Waals surface area contributed by atoms with E-state index in [1.165, 1.54) is 0 Å². The van der Waals surface area contributed by atoms with Crippen molar-refractivity contribution in [2.24, 2.45) is 5.92 Å². The van der Waals surface area contributed by atoms with E-state index in [-0.39, 0.29) is 11.9 Å². The summed E-state index contributed by atoms with van der Waals surface area (Å²) in [6.07, 6.45) is 0.346. The molecule has 0 aliphatic heterocycles. The zero-order valence-electron chi connectivity index (χ0n) is 16.5. The molecule has 1 amide bonds. The monoisotopic (exact) mass is 353 g/mol. The average Bonchev–Trinajstić information content (AvgIpc) is 2.61. The van der Waals surface area contributed by atoms with E-state index >= 15 is 0 Å². The molecule has 140 valence electrons. The Labute approximate surface area is 157 Å². The van der Waals surface area contributed by atoms with Crippen LogP contribution in [-0.2, 0) is 4.79 Å². The van der Waals surface area contributed by atoms with Crippen LogP contribution >= 0.6 is 0 Å². The first-order valence-electron chi connectivity index (χ1n) is 9.49. The van der Waals surface area contributed by atoms with Gasteiger partial charge in [0.05, 0.1) is 6.04 Å². The van der Waals surface area contributed by atoms with E-state index in [4.69, 9.17) is 4.74 Å². The molecule has 0 saturated heterocycles. The summed E-state index contributed by atoms with van der Waals surface area (Å²) in [6, 6.07) is 18.1. The van der Waals surface area contributed by atoms with Crippen LogP contribution in [0.25, 0.3) is 0 Å². The third-order valence-electron chi connectivity index (χ3n) is 4.44. The van der Waals surface area contributed by atoms with E-state index in [1.807, 2.05) is 43.3 Å². The van der Waals surface area contributed by atoms with Crippen molar-refractivity contribution < 1.29 is 9.53 Å². The number of ether oxygens (including phenoxy) is 1. The molecular formula is C23H31NO2. The smallest absolute Gasteiger partial charge is 0.261 e. The molecule has 3 nitrogen and oxygen atoms in total. The molecule has 0 unspecified atom stereocenters. The molecule has 0 aromatic heterocycles. The zero-order valence-corrected chi connectivity index (χ0v) is 16.5. The summed E-state index contributed by atoms with van der Waals surface area (Å²) in [6.45, 7) is 10.4. The van der Waals surface area contributed by atoms with Crippen LogP contribution in [0.4, 0.5) is 0 Å². The van der Waals surface area contributed by atoms with E-state index in [2.05, 4.69) is 51.2 Å². The fraction of sp³-hybridized carbons (Fsp3) is 0.435. The van der Waals surface area contributed by atoms with Crippen molar-refractivity contribution >= 4 is 5.91 Å². The molecular weight excluding hydrogens is 322 g/mol. The number of hydrogen-bond acceptors (Lipinski definition) is 2. The third-order valence-corrected chi connectivity index (χ3v) is 4.44. The Bertz CT molecular complexity index is 694. The van der Waals surface area contributed by atoms with Crippen LogP contribution in [0.5, 0.6) is 5.75 Å². The summed E-state index contributed by atoms with van der Waals surface area (Å²) in [7, 11) is 0. The van der Waals surface area contributed by atoms with Crippen LogP contribution < -0.4 is 10.1 Å². The molecule has 2 atom stereocenters. The van der Waals surface area contributed by atoms with Gasteiger partial charge < -0.3 is 10.1 Å². The van der Waals surface area contributed by atoms with Crippen LogP contribution in [0, 0.1) is 5.92 Å². The lowest BCUT2D eigenvalue weighted by atomic mass is 9.97. The zero-order chi connectivity index (χ0) is 19.1. The van der Waals surface area contributed by atoms with E-state index in [9.17, 15) is 4.79 Å². The number of carbonyl (C=O) groups excluding carboxylic acids is 1. The highest BCUT2D eigenvalue weighted by atomic mass is 16.5. The number of para-hydroxylation sites is 1. The molecule has 0 fully saturated rings. The fourth-order valence-corrected chi connectivity index (χ4v) is 3.03. The lowest BCUT2D eigenvalue weighted by Gasteiger charge is -2.24. The minimum absolute atomic E-state index is 0.00454. The highest BCUT2D eigenvalue weighted by molar-refractivity contribution is 5.81. The van der Waals surface area contributed by atoms with Crippen LogP contribution in [-0.4, -0.2) is 12.0 Å². The van der Waals surface area contributed by atoms with Gasteiger partial charge in [0.2, 0.25) is 0 Å². The second kappa shape index (κ2) is 9.42. The molecule has 0 aliphatic rings. The summed E-state index contributed by atoms with van der Waals surface area (Å²) >= 11 is 0. The Morgan fingerprint density at radius 2 is 1.54 bits per heavy atom. The quantitative estimate of drug-likeness (QED) is 0.682. The van der Waals surface area contributed by atoms with E-state index in [0.29, 0.717) is 11.8 Å². The summed E-state index contributed by atoms with van der Waals surface area (Å²) in [5.74, 6) is 1.53. The van der Waals surface area contributed by atoms with Gasteiger partial charge in [-0.2, -0.15) is 0 Å². The van der Waals surface area contributed by atoms with Crippen molar-refractivity contribution in [1.82, 2.24) is 5.32 Å². The van der Waals surface area contributed by atoms with Crippen molar-refractivity contribution in [3.63, 3.8) is 0 Å². The lowest BCUT2D eigenvalue weighted by molar-refractivity contribution is -0.128. The van der Waals surface area contributed by atoms with Crippen molar-refractivity contribution in [2.45, 2.75) is 59.1 Å². The first-order valence-corrected chi connectivity index (χ1v) is 9.49. The van der Waals surface area contributed by atoms with Crippen LogP contribution in [0.15, 0.2) is 54.6 Å². The molecule has 0 bridgehead atoms. The van der Waals surface area contributed by atoms with Crippen LogP contribution in [0.3, 0.4) is 0 Å². The van der Waals surface area contributed by atoms with Gasteiger partial charge in [-0.05, 0) is 42.4 Å². The standard InChI is InChI=1S/C23H31NO2/c1-16(2)15-21(19-11-7-6-8-12-19)24-23(25)18(5)26-22-14-10-9-13-20(22)17(3)4/h6-14,16-18,21H,15H2,1-5H3,(H,24,25)/t18-,21+/m0/s1. The van der Waals surface area contributed by atoms with E-state index in [1.54, 1.807) is 0 Å². The Kier molecular flexibility index (Phi) is 7.26. The number of benzene rings is 2. The van der Waals surface area contributed by atoms with Gasteiger partial charge in [-0.25, -0.2) is 0 Å². The van der Waals surface area contributed by atoms with Crippen molar-refractivity contribution in [1.29, 1.82) is 0 Å². The lowest BCUT2D eigenvalue weighted by Crippen LogP contribution is -2.39. The van der Waals surface area contributed by atoms with Crippen molar-refractivity contribution in [2.75, 3.05) is 0 Å². The molecule has 0 aliphatic carbocycles. The molecule has 0 heterocycles. The summed E-state index contributed by atoms with van der Waals surface area (Å²) in [5, 5.41) is 3.17. The third kappa shape index (κ3) is 5.62. The van der Waals surface area contributed by atoms with Gasteiger partial charge in [-0.1, -0.05) is 76.2 Å². The summed E-state index contributed by atoms with van der Waals surface area (Å²) in [5.41, 5.74) is 2.25. The van der Waals surface area contributed by atoms with Crippen LogP contribution in [0.1, 0.15) is 64.1 Å². The maximum absolute atomic E-state index is 12.8. The highest BCUT2D eigenvalue weighted by Gasteiger charge is 2.22. The normalized spacial score (nSPS) is 13.5. The molecule has 0 saturated carbocycles. The highest BCUT2D eigenvalue weighted by Crippen LogP contribution is 2.27. The Morgan fingerprint density at radius 1 is 0.923 bits per heavy atom. The topological polar surface area (TPSA) is 38.3 Å². The largest absolute Gasteiger partial charge is 0.481 e. The molecule has 2 aromatic carbocycles. The van der Waals surface area contributed by atoms with Crippen molar-refractivity contribution in [3.8, 4) is 5.75 Å². The Hall–Kier alpha value is -2.29. The maximum Gasteiger partial charge on any atom is 0.261 e. The number of amides is 1. The molecule has 0 radical (unpaired) electrons. The number of carbonyl (C=O) groups is 1. The number of rotatable bonds is 8. The van der Waals surface area contributed by atoms with Gasteiger partial charge in [0, 0.05) is 0 Å². The van der Waals surface area contributed by atoms with Crippen molar-refractivity contribution in [3.05, 3.63) is 65.7 Å². The first kappa shape index (κ1) is 20.0. The first-order chi connectivity index (χ1) is 12.4. The number of hydrogen-bond donors (Lipinski definition) is 1. The van der Waals surface area contributed by atoms with E-state index in [0.717, 1.165) is 23.3 Å². The molecule has 2 aromatic rings. The second-order valence-corrected chi connectivity index (χ2v) is 7.55. The Morgan fingerprint density at radius 3 is 2.15 bits per heavy atom.